The quantitative estimate of drug-likeness (QED) is 0.853. The molecule has 5 rings (SSSR count). The molecule has 2 bridgehead atoms. The van der Waals surface area contributed by atoms with E-state index >= 15 is 0 Å². The minimum absolute atomic E-state index is 0.133. The van der Waals surface area contributed by atoms with Crippen LogP contribution in [0.1, 0.15) is 18.7 Å². The van der Waals surface area contributed by atoms with Crippen LogP contribution in [0, 0.1) is 5.92 Å². The smallest absolute Gasteiger partial charge is 0.227 e. The van der Waals surface area contributed by atoms with Gasteiger partial charge in [0, 0.05) is 44.3 Å². The summed E-state index contributed by atoms with van der Waals surface area (Å²) in [5.41, 5.74) is 1.07. The Kier molecular flexibility index (Phi) is 4.21. The highest BCUT2D eigenvalue weighted by atomic mass is 16.5. The number of methoxy groups -OCH3 is 1. The lowest BCUT2D eigenvalue weighted by Gasteiger charge is -2.32. The molecule has 0 spiro atoms. The predicted octanol–water partition coefficient (Wildman–Crippen LogP) is 1.93. The van der Waals surface area contributed by atoms with E-state index in [0.717, 1.165) is 49.7 Å². The Morgan fingerprint density at radius 2 is 2.00 bits per heavy atom. The Morgan fingerprint density at radius 1 is 1.20 bits per heavy atom. The third-order valence-corrected chi connectivity index (χ3v) is 5.47. The zero-order chi connectivity index (χ0) is 17.4. The maximum absolute atomic E-state index is 12.4. The van der Waals surface area contributed by atoms with Crippen molar-refractivity contribution in [2.45, 2.75) is 25.4 Å². The van der Waals surface area contributed by atoms with Crippen LogP contribution in [0.25, 0.3) is 5.69 Å². The molecule has 3 aliphatic heterocycles. The van der Waals surface area contributed by atoms with E-state index in [1.54, 1.807) is 7.11 Å². The summed E-state index contributed by atoms with van der Waals surface area (Å²) in [4.78, 5) is 21.3. The zero-order valence-electron chi connectivity index (χ0n) is 14.8. The van der Waals surface area contributed by atoms with Crippen LogP contribution in [0.2, 0.25) is 0 Å². The second-order valence-electron chi connectivity index (χ2n) is 6.98. The van der Waals surface area contributed by atoms with Crippen molar-refractivity contribution >= 4 is 5.91 Å². The summed E-state index contributed by atoms with van der Waals surface area (Å²) in [5, 5.41) is 0. The van der Waals surface area contributed by atoms with Crippen LogP contribution in [0.4, 0.5) is 0 Å². The summed E-state index contributed by atoms with van der Waals surface area (Å²) in [6.07, 6.45) is 5.94. The third-order valence-electron chi connectivity index (χ3n) is 5.47. The highest BCUT2D eigenvalue weighted by Crippen LogP contribution is 2.28. The lowest BCUT2D eigenvalue weighted by Crippen LogP contribution is -2.45. The Labute approximate surface area is 148 Å². The van der Waals surface area contributed by atoms with Gasteiger partial charge in [0.1, 0.15) is 11.6 Å². The highest BCUT2D eigenvalue weighted by Gasteiger charge is 2.38. The number of carbonyl (C=O) groups excluding carboxylic acids is 1. The molecule has 0 N–H and O–H groups in total. The maximum Gasteiger partial charge on any atom is 0.227 e. The number of rotatable bonds is 4. The molecule has 0 aliphatic carbocycles. The van der Waals surface area contributed by atoms with Gasteiger partial charge >= 0.3 is 0 Å². The monoisotopic (exact) mass is 340 g/mol. The summed E-state index contributed by atoms with van der Waals surface area (Å²) in [6, 6.07) is 8.31. The van der Waals surface area contributed by atoms with E-state index in [1.165, 1.54) is 0 Å². The van der Waals surface area contributed by atoms with Gasteiger partial charge in [-0.1, -0.05) is 0 Å². The molecule has 132 valence electrons. The topological polar surface area (TPSA) is 50.6 Å². The average Bonchev–Trinajstić information content (AvgIpc) is 2.94. The van der Waals surface area contributed by atoms with Gasteiger partial charge in [-0.25, -0.2) is 4.98 Å². The first-order chi connectivity index (χ1) is 12.2. The summed E-state index contributed by atoms with van der Waals surface area (Å²) >= 11 is 0. The van der Waals surface area contributed by atoms with Crippen LogP contribution in [0.3, 0.4) is 0 Å². The third kappa shape index (κ3) is 3.02. The molecule has 2 aromatic rings. The van der Waals surface area contributed by atoms with Gasteiger partial charge in [-0.2, -0.15) is 0 Å². The molecular weight excluding hydrogens is 316 g/mol. The van der Waals surface area contributed by atoms with Gasteiger partial charge in [-0.3, -0.25) is 9.69 Å². The molecule has 0 unspecified atom stereocenters. The van der Waals surface area contributed by atoms with Crippen LogP contribution in [0.5, 0.6) is 5.75 Å². The Morgan fingerprint density at radius 3 is 2.76 bits per heavy atom. The molecule has 6 heteroatoms. The molecule has 4 heterocycles. The van der Waals surface area contributed by atoms with E-state index in [9.17, 15) is 4.79 Å². The van der Waals surface area contributed by atoms with Gasteiger partial charge in [0.05, 0.1) is 19.6 Å². The van der Waals surface area contributed by atoms with Crippen molar-refractivity contribution in [1.29, 1.82) is 0 Å². The van der Waals surface area contributed by atoms with Gasteiger partial charge in [-0.05, 0) is 37.1 Å². The number of carbonyl (C=O) groups is 1. The minimum atomic E-state index is 0.133. The Hall–Kier alpha value is -2.34. The van der Waals surface area contributed by atoms with Gasteiger partial charge in [0.25, 0.3) is 0 Å². The summed E-state index contributed by atoms with van der Waals surface area (Å²) in [6.45, 7) is 2.51. The Balaban J connectivity index is 1.54. The van der Waals surface area contributed by atoms with Crippen LogP contribution < -0.4 is 4.74 Å². The summed E-state index contributed by atoms with van der Waals surface area (Å²) < 4.78 is 7.34. The number of benzene rings is 1. The molecule has 3 fully saturated rings. The first-order valence-corrected chi connectivity index (χ1v) is 8.81. The maximum atomic E-state index is 12.4. The lowest BCUT2D eigenvalue weighted by molar-refractivity contribution is -0.138. The average molecular weight is 340 g/mol. The van der Waals surface area contributed by atoms with E-state index in [1.807, 2.05) is 48.6 Å². The van der Waals surface area contributed by atoms with Crippen LogP contribution in [-0.4, -0.2) is 58.5 Å². The van der Waals surface area contributed by atoms with Gasteiger partial charge in [0.15, 0.2) is 0 Å². The summed E-state index contributed by atoms with van der Waals surface area (Å²) in [5.74, 6) is 2.28. The normalized spacial score (nSPS) is 23.8. The second kappa shape index (κ2) is 6.52. The molecule has 3 saturated heterocycles. The molecule has 3 aliphatic rings. The number of imidazole rings is 1. The SMILES string of the molecule is COc1ccc(-n2ccnc2CN2C[C@H]3CC[C@@H](C2)N(C)C3=O)cc1. The van der Waals surface area contributed by atoms with Crippen LogP contribution >= 0.6 is 0 Å². The van der Waals surface area contributed by atoms with Crippen molar-refractivity contribution in [2.75, 3.05) is 27.2 Å². The van der Waals surface area contributed by atoms with E-state index in [4.69, 9.17) is 4.74 Å². The van der Waals surface area contributed by atoms with Gasteiger partial charge in [-0.15, -0.1) is 0 Å². The van der Waals surface area contributed by atoms with E-state index < -0.39 is 0 Å². The van der Waals surface area contributed by atoms with Crippen molar-refractivity contribution in [3.8, 4) is 11.4 Å². The van der Waals surface area contributed by atoms with Crippen LogP contribution in [-0.2, 0) is 11.3 Å². The molecule has 6 nitrogen and oxygen atoms in total. The number of ether oxygens (including phenoxy) is 1. The van der Waals surface area contributed by atoms with E-state index in [-0.39, 0.29) is 5.92 Å². The number of aromatic nitrogens is 2. The fourth-order valence-electron chi connectivity index (χ4n) is 4.00. The number of piperidine rings is 1. The number of hydrogen-bond acceptors (Lipinski definition) is 4. The van der Waals surface area contributed by atoms with Crippen LogP contribution in [0.15, 0.2) is 36.7 Å². The second-order valence-corrected chi connectivity index (χ2v) is 6.98. The number of amides is 1. The molecule has 0 radical (unpaired) electrons. The standard InChI is InChI=1S/C19H24N4O2/c1-21-16-4-3-14(19(21)24)11-22(12-16)13-18-20-9-10-23(18)15-5-7-17(25-2)8-6-15/h5-10,14,16H,3-4,11-13H2,1-2H3/t14-,16+/m1/s1. The van der Waals surface area contributed by atoms with Crippen molar-refractivity contribution in [1.82, 2.24) is 19.4 Å². The molecule has 1 amide bonds. The number of nitrogens with zero attached hydrogens (tertiary/aromatic N) is 4. The minimum Gasteiger partial charge on any atom is -0.497 e. The zero-order valence-corrected chi connectivity index (χ0v) is 14.8. The first-order valence-electron chi connectivity index (χ1n) is 8.81. The molecule has 25 heavy (non-hydrogen) atoms. The van der Waals surface area contributed by atoms with Crippen molar-refractivity contribution in [3.63, 3.8) is 0 Å². The number of fused-ring (bicyclic) bond motifs is 4. The lowest BCUT2D eigenvalue weighted by atomic mass is 9.95. The number of likely N-dealkylation sites (N-methyl/N-ethyl adjacent to an activating group) is 1. The predicted molar refractivity (Wildman–Crippen MR) is 94.7 cm³/mol. The molecule has 1 aromatic heterocycles. The van der Waals surface area contributed by atoms with Crippen molar-refractivity contribution in [3.05, 3.63) is 42.5 Å². The molecule has 0 saturated carbocycles. The summed E-state index contributed by atoms with van der Waals surface area (Å²) in [7, 11) is 3.62. The number of hydrogen-bond donors (Lipinski definition) is 0. The van der Waals surface area contributed by atoms with Gasteiger partial charge < -0.3 is 14.2 Å². The largest absolute Gasteiger partial charge is 0.497 e. The molecular formula is C19H24N4O2. The van der Waals surface area contributed by atoms with Gasteiger partial charge in [0.2, 0.25) is 5.91 Å². The fraction of sp³-hybridized carbons (Fsp3) is 0.474. The van der Waals surface area contributed by atoms with E-state index in [0.29, 0.717) is 11.9 Å². The Bertz CT molecular complexity index is 755. The fourth-order valence-corrected chi connectivity index (χ4v) is 4.00. The molecule has 2 atom stereocenters. The van der Waals surface area contributed by atoms with E-state index in [2.05, 4.69) is 14.5 Å². The first kappa shape index (κ1) is 16.1. The molecule has 1 aromatic carbocycles. The highest BCUT2D eigenvalue weighted by molar-refractivity contribution is 5.80. The van der Waals surface area contributed by atoms with Crippen molar-refractivity contribution < 1.29 is 9.53 Å². The van der Waals surface area contributed by atoms with Crippen molar-refractivity contribution in [2.24, 2.45) is 5.92 Å².